The number of aryl methyl sites for hydroxylation is 5. The van der Waals surface area contributed by atoms with Gasteiger partial charge in [0.2, 0.25) is 0 Å². The summed E-state index contributed by atoms with van der Waals surface area (Å²) in [5.74, 6) is 1.02. The topological polar surface area (TPSA) is 9.23 Å². The molecule has 4 aromatic rings. The first-order valence-electron chi connectivity index (χ1n) is 16.7. The molecule has 0 fully saturated rings. The van der Waals surface area contributed by atoms with E-state index in [9.17, 15) is 0 Å². The fourth-order valence-corrected chi connectivity index (χ4v) is 12.7. The van der Waals surface area contributed by atoms with Gasteiger partial charge in [-0.1, -0.05) is 120 Å². The van der Waals surface area contributed by atoms with Crippen molar-refractivity contribution in [3.05, 3.63) is 121 Å². The van der Waals surface area contributed by atoms with E-state index in [1.807, 2.05) is 7.11 Å². The number of methoxy groups -OCH3 is 1. The molecule has 0 aromatic heterocycles. The first kappa shape index (κ1) is 32.5. The van der Waals surface area contributed by atoms with Crippen molar-refractivity contribution in [1.29, 1.82) is 0 Å². The molecule has 2 heteroatoms. The Balaban J connectivity index is 1.57. The van der Waals surface area contributed by atoms with E-state index in [2.05, 4.69) is 148 Å². The van der Waals surface area contributed by atoms with E-state index in [0.29, 0.717) is 10.5 Å². The van der Waals surface area contributed by atoms with Gasteiger partial charge in [-0.05, 0) is 111 Å². The second kappa shape index (κ2) is 11.3. The summed E-state index contributed by atoms with van der Waals surface area (Å²) in [5.41, 5.74) is 21.7. The van der Waals surface area contributed by atoms with Crippen LogP contribution in [0.1, 0.15) is 101 Å². The second-order valence-electron chi connectivity index (χ2n) is 15.7. The van der Waals surface area contributed by atoms with E-state index in [1.165, 1.54) is 89.0 Å². The van der Waals surface area contributed by atoms with Crippen LogP contribution in [0.25, 0.3) is 34.4 Å². The normalized spacial score (nSPS) is 17.8. The lowest BCUT2D eigenvalue weighted by Crippen LogP contribution is -2.19. The Bertz CT molecular complexity index is 1920. The average Bonchev–Trinajstić information content (AvgIpc) is 3.45. The first-order valence-corrected chi connectivity index (χ1v) is 19.2. The predicted octanol–water partition coefficient (Wildman–Crippen LogP) is 12.5. The van der Waals surface area contributed by atoms with Crippen LogP contribution in [0.3, 0.4) is 0 Å². The van der Waals surface area contributed by atoms with Crippen LogP contribution in [0.4, 0.5) is 0 Å². The van der Waals surface area contributed by atoms with E-state index in [0.717, 1.165) is 5.75 Å². The number of hydrogen-bond donors (Lipinski definition) is 0. The van der Waals surface area contributed by atoms with E-state index in [-0.39, 0.29) is 5.41 Å². The van der Waals surface area contributed by atoms with Gasteiger partial charge in [-0.25, -0.2) is 10.0 Å². The Morgan fingerprint density at radius 2 is 1.02 bits per heavy atom. The Hall–Kier alpha value is -3.49. The number of rotatable bonds is 5. The maximum atomic E-state index is 6.34. The SMILES string of the molecule is COc1c(C(C)(C)C)cc2c(c1-c1cc(C)cc(C)c1)C=C(C)C2S(C)(C)C1C(C)=Cc2c(-c3cc(C)cc(C)c3)cc(C)cc21. The highest BCUT2D eigenvalue weighted by Crippen LogP contribution is 2.73. The fraction of sp³-hybridized carbons (Fsp3) is 0.364. The second-order valence-corrected chi connectivity index (χ2v) is 19.6. The number of hydrogen-bond acceptors (Lipinski definition) is 1. The van der Waals surface area contributed by atoms with Crippen LogP contribution in [0.5, 0.6) is 5.75 Å². The number of ether oxygens (including phenoxy) is 1. The molecule has 4 aromatic carbocycles. The van der Waals surface area contributed by atoms with Crippen LogP contribution in [0.15, 0.2) is 65.7 Å². The molecule has 2 atom stereocenters. The van der Waals surface area contributed by atoms with Crippen molar-refractivity contribution in [3.63, 3.8) is 0 Å². The predicted molar refractivity (Wildman–Crippen MR) is 205 cm³/mol. The van der Waals surface area contributed by atoms with Crippen molar-refractivity contribution in [2.45, 2.75) is 85.2 Å². The van der Waals surface area contributed by atoms with Crippen molar-refractivity contribution in [3.8, 4) is 28.0 Å². The fourth-order valence-electron chi connectivity index (χ4n) is 8.67. The summed E-state index contributed by atoms with van der Waals surface area (Å²) >= 11 is 0. The van der Waals surface area contributed by atoms with Gasteiger partial charge < -0.3 is 4.74 Å². The van der Waals surface area contributed by atoms with Gasteiger partial charge in [-0.2, -0.15) is 0 Å². The summed E-state index contributed by atoms with van der Waals surface area (Å²) in [6, 6.07) is 21.3. The Labute approximate surface area is 280 Å². The number of fused-ring (bicyclic) bond motifs is 2. The molecule has 2 aliphatic carbocycles. The zero-order valence-corrected chi connectivity index (χ0v) is 31.1. The van der Waals surface area contributed by atoms with Gasteiger partial charge in [-0.15, -0.1) is 0 Å². The first-order chi connectivity index (χ1) is 21.5. The van der Waals surface area contributed by atoms with Gasteiger partial charge in [0.1, 0.15) is 5.75 Å². The molecule has 240 valence electrons. The van der Waals surface area contributed by atoms with E-state index >= 15 is 0 Å². The van der Waals surface area contributed by atoms with Crippen LogP contribution < -0.4 is 4.74 Å². The lowest BCUT2D eigenvalue weighted by molar-refractivity contribution is 0.399. The summed E-state index contributed by atoms with van der Waals surface area (Å²) in [6.07, 6.45) is 10.2. The lowest BCUT2D eigenvalue weighted by atomic mass is 9.81. The summed E-state index contributed by atoms with van der Waals surface area (Å²) in [7, 11) is 0.578. The Morgan fingerprint density at radius 3 is 1.52 bits per heavy atom. The molecule has 0 radical (unpaired) electrons. The van der Waals surface area contributed by atoms with Gasteiger partial charge in [0.05, 0.1) is 7.11 Å². The molecule has 0 heterocycles. The third-order valence-corrected chi connectivity index (χ3v) is 13.8. The van der Waals surface area contributed by atoms with E-state index in [1.54, 1.807) is 0 Å². The lowest BCUT2D eigenvalue weighted by Gasteiger charge is -2.46. The van der Waals surface area contributed by atoms with Gasteiger partial charge in [0.25, 0.3) is 0 Å². The molecular weight excluding hydrogens is 577 g/mol. The maximum Gasteiger partial charge on any atom is 0.131 e. The largest absolute Gasteiger partial charge is 0.496 e. The van der Waals surface area contributed by atoms with Gasteiger partial charge >= 0.3 is 0 Å². The van der Waals surface area contributed by atoms with Crippen molar-refractivity contribution >= 4 is 22.2 Å². The monoisotopic (exact) mass is 628 g/mol. The highest BCUT2D eigenvalue weighted by atomic mass is 32.3. The van der Waals surface area contributed by atoms with Gasteiger partial charge in [0, 0.05) is 21.6 Å². The maximum absolute atomic E-state index is 6.34. The van der Waals surface area contributed by atoms with Crippen molar-refractivity contribution in [2.24, 2.45) is 0 Å². The summed E-state index contributed by atoms with van der Waals surface area (Å²) in [6.45, 7) is 22.8. The molecule has 0 saturated heterocycles. The molecule has 0 amide bonds. The molecule has 6 rings (SSSR count). The third kappa shape index (κ3) is 5.37. The molecule has 0 aliphatic heterocycles. The van der Waals surface area contributed by atoms with Crippen molar-refractivity contribution < 1.29 is 4.74 Å². The summed E-state index contributed by atoms with van der Waals surface area (Å²) in [5, 5.41) is 0.736. The molecule has 1 nitrogen and oxygen atoms in total. The molecule has 46 heavy (non-hydrogen) atoms. The zero-order chi connectivity index (χ0) is 33.5. The standard InChI is InChI=1S/C44H52OS/c1-25-14-26(2)17-32(16-25)34-20-29(5)21-37-35(34)22-30(6)42(37)46(12,13)43-31(7)23-36-38(43)24-39(44(8,9)10)41(45-11)40(36)33-18-27(3)15-28(4)19-33/h14-24,42-43H,1-13H3. The van der Waals surface area contributed by atoms with Crippen LogP contribution in [0, 0.1) is 34.6 Å². The van der Waals surface area contributed by atoms with Gasteiger partial charge in [0.15, 0.2) is 0 Å². The molecule has 0 bridgehead atoms. The Kier molecular flexibility index (Phi) is 8.00. The van der Waals surface area contributed by atoms with Gasteiger partial charge in [-0.3, -0.25) is 0 Å². The highest BCUT2D eigenvalue weighted by Gasteiger charge is 2.44. The average molecular weight is 629 g/mol. The van der Waals surface area contributed by atoms with Crippen LogP contribution in [-0.2, 0) is 5.41 Å². The molecular formula is C44H52OS. The van der Waals surface area contributed by atoms with Crippen LogP contribution >= 0.6 is 10.0 Å². The molecule has 0 spiro atoms. The van der Waals surface area contributed by atoms with E-state index in [4.69, 9.17) is 4.74 Å². The quantitative estimate of drug-likeness (QED) is 0.214. The molecule has 0 N–H and O–H groups in total. The van der Waals surface area contributed by atoms with E-state index < -0.39 is 10.0 Å². The van der Waals surface area contributed by atoms with Crippen molar-refractivity contribution in [1.82, 2.24) is 0 Å². The minimum absolute atomic E-state index is 0.0672. The van der Waals surface area contributed by atoms with Crippen LogP contribution in [-0.4, -0.2) is 19.6 Å². The van der Waals surface area contributed by atoms with Crippen LogP contribution in [0.2, 0.25) is 0 Å². The molecule has 0 saturated carbocycles. The van der Waals surface area contributed by atoms with Crippen molar-refractivity contribution in [2.75, 3.05) is 19.6 Å². The third-order valence-electron chi connectivity index (χ3n) is 10.1. The molecule has 2 aliphatic rings. The highest BCUT2D eigenvalue weighted by molar-refractivity contribution is 8.33. The summed E-state index contributed by atoms with van der Waals surface area (Å²) < 4.78 is 6.34. The Morgan fingerprint density at radius 1 is 0.565 bits per heavy atom. The zero-order valence-electron chi connectivity index (χ0n) is 30.3. The molecule has 2 unspecified atom stereocenters. The summed E-state index contributed by atoms with van der Waals surface area (Å²) in [4.78, 5) is 0. The number of benzene rings is 4. The minimum Gasteiger partial charge on any atom is -0.496 e. The minimum atomic E-state index is -1.27. The smallest absolute Gasteiger partial charge is 0.131 e.